The Morgan fingerprint density at radius 2 is 2.10 bits per heavy atom. The van der Waals surface area contributed by atoms with Gasteiger partial charge < -0.3 is 10.6 Å². The highest BCUT2D eigenvalue weighted by Crippen LogP contribution is 2.30. The third-order valence-corrected chi connectivity index (χ3v) is 4.61. The molecule has 1 aromatic heterocycles. The first-order chi connectivity index (χ1) is 10.1. The quantitative estimate of drug-likeness (QED) is 0.916. The van der Waals surface area contributed by atoms with E-state index in [1.54, 1.807) is 0 Å². The number of anilines is 1. The Hall–Kier alpha value is -1.72. The van der Waals surface area contributed by atoms with Gasteiger partial charge in [0.2, 0.25) is 5.91 Å². The lowest BCUT2D eigenvalue weighted by Gasteiger charge is -2.08. The van der Waals surface area contributed by atoms with E-state index in [0.29, 0.717) is 5.13 Å². The van der Waals surface area contributed by atoms with Crippen molar-refractivity contribution in [1.29, 1.82) is 0 Å². The summed E-state index contributed by atoms with van der Waals surface area (Å²) >= 11 is 1.53. The van der Waals surface area contributed by atoms with Crippen LogP contribution < -0.4 is 10.6 Å². The lowest BCUT2D eigenvalue weighted by atomic mass is 10.1. The van der Waals surface area contributed by atoms with Crippen molar-refractivity contribution in [1.82, 2.24) is 10.3 Å². The maximum atomic E-state index is 12.1. The van der Waals surface area contributed by atoms with Crippen LogP contribution in [0.5, 0.6) is 0 Å². The second-order valence-corrected chi connectivity index (χ2v) is 6.63. The molecule has 2 heterocycles. The third kappa shape index (κ3) is 3.14. The maximum Gasteiger partial charge on any atom is 0.243 e. The molecule has 2 N–H and O–H groups in total. The number of carbonyl (C=O) groups is 1. The molecule has 1 fully saturated rings. The molecular weight excluding hydrogens is 282 g/mol. The van der Waals surface area contributed by atoms with Gasteiger partial charge in [-0.25, -0.2) is 4.98 Å². The average Bonchev–Trinajstić information content (AvgIpc) is 3.10. The van der Waals surface area contributed by atoms with Gasteiger partial charge in [-0.1, -0.05) is 29.8 Å². The van der Waals surface area contributed by atoms with E-state index in [0.717, 1.165) is 35.5 Å². The molecular formula is C16H19N3OS. The summed E-state index contributed by atoms with van der Waals surface area (Å²) in [6.45, 7) is 5.03. The Kier molecular flexibility index (Phi) is 4.03. The number of nitrogens with one attached hydrogen (secondary N) is 2. The van der Waals surface area contributed by atoms with Crippen molar-refractivity contribution >= 4 is 22.4 Å². The predicted molar refractivity (Wildman–Crippen MR) is 86.7 cm³/mol. The Morgan fingerprint density at radius 1 is 1.33 bits per heavy atom. The normalized spacial score (nSPS) is 17.9. The first-order valence-electron chi connectivity index (χ1n) is 7.22. The minimum absolute atomic E-state index is 0.0247. The fraction of sp³-hybridized carbons (Fsp3) is 0.375. The Balaban J connectivity index is 1.77. The molecule has 1 aliphatic heterocycles. The molecule has 1 aromatic carbocycles. The van der Waals surface area contributed by atoms with E-state index in [4.69, 9.17) is 0 Å². The van der Waals surface area contributed by atoms with E-state index >= 15 is 0 Å². The molecule has 0 aliphatic carbocycles. The minimum atomic E-state index is -0.0722. The third-order valence-electron chi connectivity index (χ3n) is 3.73. The molecule has 5 heteroatoms. The highest BCUT2D eigenvalue weighted by atomic mass is 32.1. The van der Waals surface area contributed by atoms with E-state index in [2.05, 4.69) is 46.8 Å². The largest absolute Gasteiger partial charge is 0.306 e. The summed E-state index contributed by atoms with van der Waals surface area (Å²) in [5.41, 5.74) is 3.27. The molecule has 2 aromatic rings. The summed E-state index contributed by atoms with van der Waals surface area (Å²) in [6.07, 6.45) is 1.96. The maximum absolute atomic E-state index is 12.1. The lowest BCUT2D eigenvalue weighted by molar-refractivity contribution is -0.117. The summed E-state index contributed by atoms with van der Waals surface area (Å²) in [6, 6.07) is 8.23. The highest BCUT2D eigenvalue weighted by molar-refractivity contribution is 7.16. The molecule has 1 saturated heterocycles. The summed E-state index contributed by atoms with van der Waals surface area (Å²) in [5.74, 6) is 0.0247. The molecule has 0 bridgehead atoms. The molecule has 0 saturated carbocycles. The van der Waals surface area contributed by atoms with Gasteiger partial charge in [-0.05, 0) is 33.2 Å². The zero-order valence-electron chi connectivity index (χ0n) is 12.3. The minimum Gasteiger partial charge on any atom is -0.306 e. The van der Waals surface area contributed by atoms with Crippen molar-refractivity contribution in [3.8, 4) is 11.3 Å². The van der Waals surface area contributed by atoms with Crippen molar-refractivity contribution in [2.24, 2.45) is 0 Å². The van der Waals surface area contributed by atoms with Crippen molar-refractivity contribution in [3.05, 3.63) is 34.7 Å². The van der Waals surface area contributed by atoms with Crippen molar-refractivity contribution in [3.63, 3.8) is 0 Å². The van der Waals surface area contributed by atoms with Gasteiger partial charge >= 0.3 is 0 Å². The topological polar surface area (TPSA) is 54.0 Å². The number of hydrogen-bond acceptors (Lipinski definition) is 4. The fourth-order valence-corrected chi connectivity index (χ4v) is 3.37. The molecule has 21 heavy (non-hydrogen) atoms. The first-order valence-corrected chi connectivity index (χ1v) is 8.04. The summed E-state index contributed by atoms with van der Waals surface area (Å²) in [7, 11) is 0. The van der Waals surface area contributed by atoms with Crippen LogP contribution in [-0.2, 0) is 4.79 Å². The second-order valence-electron chi connectivity index (χ2n) is 5.43. The van der Waals surface area contributed by atoms with E-state index in [1.165, 1.54) is 16.9 Å². The molecule has 1 atom stereocenters. The molecule has 4 nitrogen and oxygen atoms in total. The Labute approximate surface area is 128 Å². The van der Waals surface area contributed by atoms with Gasteiger partial charge in [0.15, 0.2) is 5.13 Å². The number of rotatable bonds is 3. The Bertz CT molecular complexity index is 642. The van der Waals surface area contributed by atoms with Gasteiger partial charge in [0, 0.05) is 10.4 Å². The van der Waals surface area contributed by atoms with Crippen LogP contribution >= 0.6 is 11.3 Å². The molecule has 1 aliphatic rings. The average molecular weight is 301 g/mol. The SMILES string of the molecule is Cc1ccc(-c2nc(NC(=O)C3CCCN3)sc2C)cc1. The number of hydrogen-bond donors (Lipinski definition) is 2. The lowest BCUT2D eigenvalue weighted by Crippen LogP contribution is -2.35. The van der Waals surface area contributed by atoms with Crippen LogP contribution in [0.3, 0.4) is 0 Å². The zero-order chi connectivity index (χ0) is 14.8. The van der Waals surface area contributed by atoms with Gasteiger partial charge in [0.05, 0.1) is 11.7 Å². The predicted octanol–water partition coefficient (Wildman–Crippen LogP) is 3.12. The monoisotopic (exact) mass is 301 g/mol. The first kappa shape index (κ1) is 14.2. The number of carbonyl (C=O) groups excluding carboxylic acids is 1. The smallest absolute Gasteiger partial charge is 0.243 e. The van der Waals surface area contributed by atoms with Crippen molar-refractivity contribution < 1.29 is 4.79 Å². The standard InChI is InChI=1S/C16H19N3OS/c1-10-5-7-12(8-6-10)14-11(2)21-16(18-14)19-15(20)13-4-3-9-17-13/h5-8,13,17H,3-4,9H2,1-2H3,(H,18,19,20). The second kappa shape index (κ2) is 5.95. The Morgan fingerprint density at radius 3 is 2.76 bits per heavy atom. The van der Waals surface area contributed by atoms with Gasteiger partial charge in [0.25, 0.3) is 0 Å². The number of benzene rings is 1. The van der Waals surface area contributed by atoms with Crippen LogP contribution in [0.15, 0.2) is 24.3 Å². The summed E-state index contributed by atoms with van der Waals surface area (Å²) in [4.78, 5) is 17.8. The van der Waals surface area contributed by atoms with Crippen LogP contribution in [0, 0.1) is 13.8 Å². The van der Waals surface area contributed by atoms with E-state index in [9.17, 15) is 4.79 Å². The zero-order valence-corrected chi connectivity index (χ0v) is 13.1. The molecule has 110 valence electrons. The van der Waals surface area contributed by atoms with Gasteiger partial charge in [-0.2, -0.15) is 0 Å². The van der Waals surface area contributed by atoms with E-state index in [1.807, 2.05) is 6.92 Å². The van der Waals surface area contributed by atoms with Gasteiger partial charge in [-0.3, -0.25) is 4.79 Å². The number of amides is 1. The molecule has 0 radical (unpaired) electrons. The molecule has 3 rings (SSSR count). The fourth-order valence-electron chi connectivity index (χ4n) is 2.53. The number of aryl methyl sites for hydroxylation is 2. The van der Waals surface area contributed by atoms with E-state index < -0.39 is 0 Å². The van der Waals surface area contributed by atoms with Gasteiger partial charge in [0.1, 0.15) is 0 Å². The summed E-state index contributed by atoms with van der Waals surface area (Å²) in [5, 5.41) is 6.82. The molecule has 0 spiro atoms. The van der Waals surface area contributed by atoms with Crippen molar-refractivity contribution in [2.45, 2.75) is 32.7 Å². The number of thiazole rings is 1. The van der Waals surface area contributed by atoms with Crippen LogP contribution in [-0.4, -0.2) is 23.5 Å². The number of aromatic nitrogens is 1. The van der Waals surface area contributed by atoms with Crippen LogP contribution in [0.25, 0.3) is 11.3 Å². The highest BCUT2D eigenvalue weighted by Gasteiger charge is 2.23. The van der Waals surface area contributed by atoms with Crippen LogP contribution in [0.1, 0.15) is 23.3 Å². The molecule has 1 amide bonds. The van der Waals surface area contributed by atoms with Crippen molar-refractivity contribution in [2.75, 3.05) is 11.9 Å². The number of nitrogens with zero attached hydrogens (tertiary/aromatic N) is 1. The molecule has 1 unspecified atom stereocenters. The van der Waals surface area contributed by atoms with Gasteiger partial charge in [-0.15, -0.1) is 11.3 Å². The van der Waals surface area contributed by atoms with E-state index in [-0.39, 0.29) is 11.9 Å². The van der Waals surface area contributed by atoms with Crippen LogP contribution in [0.4, 0.5) is 5.13 Å². The van der Waals surface area contributed by atoms with Crippen LogP contribution in [0.2, 0.25) is 0 Å². The summed E-state index contributed by atoms with van der Waals surface area (Å²) < 4.78 is 0.